The van der Waals surface area contributed by atoms with Gasteiger partial charge in [-0.3, -0.25) is 4.90 Å². The van der Waals surface area contributed by atoms with Crippen molar-refractivity contribution in [2.45, 2.75) is 65.0 Å². The van der Waals surface area contributed by atoms with Crippen LogP contribution in [0.5, 0.6) is 0 Å². The number of nitrogens with zero attached hydrogens (tertiary/aromatic N) is 1. The summed E-state index contributed by atoms with van der Waals surface area (Å²) >= 11 is 0. The van der Waals surface area contributed by atoms with E-state index in [-0.39, 0.29) is 0 Å². The minimum absolute atomic E-state index is 0.712. The van der Waals surface area contributed by atoms with Crippen LogP contribution in [0, 0.1) is 17.8 Å². The van der Waals surface area contributed by atoms with Crippen LogP contribution < -0.4 is 5.32 Å². The van der Waals surface area contributed by atoms with Gasteiger partial charge in [0.05, 0.1) is 0 Å². The zero-order valence-electron chi connectivity index (χ0n) is 12.8. The van der Waals surface area contributed by atoms with E-state index in [0.29, 0.717) is 6.04 Å². The molecular formula is C16H32N2. The summed E-state index contributed by atoms with van der Waals surface area (Å²) in [5, 5.41) is 3.60. The van der Waals surface area contributed by atoms with Crippen molar-refractivity contribution < 1.29 is 0 Å². The molecule has 2 nitrogen and oxygen atoms in total. The van der Waals surface area contributed by atoms with Gasteiger partial charge in [-0.2, -0.15) is 0 Å². The lowest BCUT2D eigenvalue weighted by Crippen LogP contribution is -2.55. The second kappa shape index (κ2) is 6.38. The molecule has 2 heteroatoms. The first-order valence-corrected chi connectivity index (χ1v) is 8.07. The molecule has 0 aromatic heterocycles. The second-order valence-electron chi connectivity index (χ2n) is 6.88. The zero-order valence-corrected chi connectivity index (χ0v) is 12.8. The topological polar surface area (TPSA) is 15.3 Å². The molecule has 2 fully saturated rings. The van der Waals surface area contributed by atoms with Crippen molar-refractivity contribution in [3.63, 3.8) is 0 Å². The normalized spacial score (nSPS) is 42.3. The Bertz CT molecular complexity index is 253. The van der Waals surface area contributed by atoms with Gasteiger partial charge in [-0.25, -0.2) is 0 Å². The molecule has 0 aromatic rings. The van der Waals surface area contributed by atoms with Gasteiger partial charge in [0.15, 0.2) is 0 Å². The van der Waals surface area contributed by atoms with Gasteiger partial charge >= 0.3 is 0 Å². The van der Waals surface area contributed by atoms with Crippen molar-refractivity contribution in [2.75, 3.05) is 20.1 Å². The minimum atomic E-state index is 0.712. The second-order valence-corrected chi connectivity index (χ2v) is 6.88. The van der Waals surface area contributed by atoms with Crippen molar-refractivity contribution in [2.24, 2.45) is 17.8 Å². The van der Waals surface area contributed by atoms with Crippen LogP contribution >= 0.6 is 0 Å². The van der Waals surface area contributed by atoms with Crippen molar-refractivity contribution in [3.05, 3.63) is 0 Å². The Kier molecular flexibility index (Phi) is 5.08. The van der Waals surface area contributed by atoms with E-state index < -0.39 is 0 Å². The van der Waals surface area contributed by atoms with Crippen molar-refractivity contribution in [1.29, 1.82) is 0 Å². The highest BCUT2D eigenvalue weighted by molar-refractivity contribution is 4.95. The summed E-state index contributed by atoms with van der Waals surface area (Å²) in [6.07, 6.45) is 6.99. The molecule has 0 amide bonds. The zero-order chi connectivity index (χ0) is 13.1. The standard InChI is InChI=1S/C16H32N2/c1-5-6-14-7-8-18(11-14)16-13(3)9-12(2)10-15(16)17-4/h12-17H,5-11H2,1-4H3. The minimum Gasteiger partial charge on any atom is -0.315 e. The molecule has 18 heavy (non-hydrogen) atoms. The highest BCUT2D eigenvalue weighted by Crippen LogP contribution is 2.35. The molecule has 1 saturated carbocycles. The van der Waals surface area contributed by atoms with E-state index in [1.165, 1.54) is 45.2 Å². The van der Waals surface area contributed by atoms with Crippen LogP contribution in [0.2, 0.25) is 0 Å². The first-order valence-electron chi connectivity index (χ1n) is 8.07. The molecular weight excluding hydrogens is 220 g/mol. The van der Waals surface area contributed by atoms with E-state index in [2.05, 4.69) is 38.0 Å². The average molecular weight is 252 g/mol. The quantitative estimate of drug-likeness (QED) is 0.827. The Hall–Kier alpha value is -0.0800. The predicted octanol–water partition coefficient (Wildman–Crippen LogP) is 3.13. The van der Waals surface area contributed by atoms with E-state index in [9.17, 15) is 0 Å². The summed E-state index contributed by atoms with van der Waals surface area (Å²) in [6.45, 7) is 9.91. The van der Waals surface area contributed by atoms with E-state index in [0.717, 1.165) is 23.8 Å². The van der Waals surface area contributed by atoms with E-state index in [1.54, 1.807) is 0 Å². The predicted molar refractivity (Wildman–Crippen MR) is 78.8 cm³/mol. The number of nitrogens with one attached hydrogen (secondary N) is 1. The molecule has 1 N–H and O–H groups in total. The van der Waals surface area contributed by atoms with Gasteiger partial charge in [0.25, 0.3) is 0 Å². The number of hydrogen-bond acceptors (Lipinski definition) is 2. The van der Waals surface area contributed by atoms with Crippen LogP contribution in [0.1, 0.15) is 52.9 Å². The molecule has 0 radical (unpaired) electrons. The molecule has 5 atom stereocenters. The molecule has 0 aromatic carbocycles. The fourth-order valence-electron chi connectivity index (χ4n) is 4.52. The third kappa shape index (κ3) is 3.08. The van der Waals surface area contributed by atoms with E-state index >= 15 is 0 Å². The lowest BCUT2D eigenvalue weighted by Gasteiger charge is -2.44. The van der Waals surface area contributed by atoms with E-state index in [1.807, 2.05) is 0 Å². The molecule has 0 spiro atoms. The molecule has 1 heterocycles. The summed E-state index contributed by atoms with van der Waals surface area (Å²) in [7, 11) is 2.15. The summed E-state index contributed by atoms with van der Waals surface area (Å²) in [5.74, 6) is 2.72. The van der Waals surface area contributed by atoms with Crippen molar-refractivity contribution in [3.8, 4) is 0 Å². The Morgan fingerprint density at radius 2 is 2.00 bits per heavy atom. The maximum Gasteiger partial charge on any atom is 0.0275 e. The van der Waals surface area contributed by atoms with E-state index in [4.69, 9.17) is 0 Å². The summed E-state index contributed by atoms with van der Waals surface area (Å²) in [4.78, 5) is 2.80. The number of hydrogen-bond donors (Lipinski definition) is 1. The van der Waals surface area contributed by atoms with Gasteiger partial charge < -0.3 is 5.32 Å². The summed E-state index contributed by atoms with van der Waals surface area (Å²) in [6, 6.07) is 1.50. The number of likely N-dealkylation sites (N-methyl/N-ethyl adjacent to an activating group) is 1. The molecule has 106 valence electrons. The Morgan fingerprint density at radius 1 is 1.22 bits per heavy atom. The highest BCUT2D eigenvalue weighted by atomic mass is 15.2. The number of likely N-dealkylation sites (tertiary alicyclic amines) is 1. The maximum atomic E-state index is 3.60. The molecule has 2 aliphatic rings. The molecule has 0 bridgehead atoms. The largest absolute Gasteiger partial charge is 0.315 e. The monoisotopic (exact) mass is 252 g/mol. The van der Waals surface area contributed by atoms with Crippen molar-refractivity contribution >= 4 is 0 Å². The van der Waals surface area contributed by atoms with Crippen LogP contribution in [0.3, 0.4) is 0 Å². The van der Waals surface area contributed by atoms with Gasteiger partial charge in [0.1, 0.15) is 0 Å². The van der Waals surface area contributed by atoms with Crippen molar-refractivity contribution in [1.82, 2.24) is 10.2 Å². The fourth-order valence-corrected chi connectivity index (χ4v) is 4.52. The van der Waals surface area contributed by atoms with Gasteiger partial charge in [-0.1, -0.05) is 27.2 Å². The fraction of sp³-hybridized carbons (Fsp3) is 1.00. The summed E-state index contributed by atoms with van der Waals surface area (Å²) < 4.78 is 0. The Balaban J connectivity index is 1.97. The average Bonchev–Trinajstić information content (AvgIpc) is 2.76. The Morgan fingerprint density at radius 3 is 2.67 bits per heavy atom. The van der Waals surface area contributed by atoms with Gasteiger partial charge in [0.2, 0.25) is 0 Å². The lowest BCUT2D eigenvalue weighted by molar-refractivity contribution is 0.0791. The molecule has 1 aliphatic carbocycles. The van der Waals surface area contributed by atoms with Crippen LogP contribution in [0.15, 0.2) is 0 Å². The van der Waals surface area contributed by atoms with Crippen LogP contribution in [-0.4, -0.2) is 37.1 Å². The smallest absolute Gasteiger partial charge is 0.0275 e. The molecule has 5 unspecified atom stereocenters. The third-order valence-corrected chi connectivity index (χ3v) is 5.23. The summed E-state index contributed by atoms with van der Waals surface area (Å²) in [5.41, 5.74) is 0. The van der Waals surface area contributed by atoms with Gasteiger partial charge in [-0.05, 0) is 57.0 Å². The first kappa shape index (κ1) is 14.3. The third-order valence-electron chi connectivity index (χ3n) is 5.23. The number of rotatable bonds is 4. The Labute approximate surface area is 114 Å². The first-order chi connectivity index (χ1) is 8.65. The SMILES string of the molecule is CCCC1CCN(C2C(C)CC(C)CC2NC)C1. The highest BCUT2D eigenvalue weighted by Gasteiger charge is 2.39. The van der Waals surface area contributed by atoms with Crippen LogP contribution in [0.25, 0.3) is 0 Å². The van der Waals surface area contributed by atoms with Gasteiger partial charge in [-0.15, -0.1) is 0 Å². The maximum absolute atomic E-state index is 3.60. The molecule has 1 saturated heterocycles. The van der Waals surface area contributed by atoms with Crippen LogP contribution in [0.4, 0.5) is 0 Å². The van der Waals surface area contributed by atoms with Gasteiger partial charge in [0, 0.05) is 18.6 Å². The lowest BCUT2D eigenvalue weighted by atomic mass is 9.76. The molecule has 1 aliphatic heterocycles. The molecule has 2 rings (SSSR count). The van der Waals surface area contributed by atoms with Crippen LogP contribution in [-0.2, 0) is 0 Å².